The minimum Gasteiger partial charge on any atom is -0.507 e. The first-order valence-corrected chi connectivity index (χ1v) is 15.1. The number of fused-ring (bicyclic) bond motifs is 4. The van der Waals surface area contributed by atoms with E-state index in [1.165, 1.54) is 24.3 Å². The summed E-state index contributed by atoms with van der Waals surface area (Å²) in [5, 5.41) is 21.9. The second kappa shape index (κ2) is 9.62. The molecule has 1 saturated carbocycles. The molecule has 218 valence electrons. The van der Waals surface area contributed by atoms with Crippen LogP contribution in [0.4, 0.5) is 11.4 Å². The molecule has 0 radical (unpaired) electrons. The van der Waals surface area contributed by atoms with Gasteiger partial charge in [-0.1, -0.05) is 45.8 Å². The van der Waals surface area contributed by atoms with Crippen molar-refractivity contribution >= 4 is 74.1 Å². The highest BCUT2D eigenvalue weighted by atomic mass is 79.9. The van der Waals surface area contributed by atoms with Gasteiger partial charge in [0.2, 0.25) is 11.8 Å². The van der Waals surface area contributed by atoms with E-state index in [4.69, 9.17) is 23.2 Å². The highest BCUT2D eigenvalue weighted by Gasteiger charge is 2.76. The van der Waals surface area contributed by atoms with Crippen molar-refractivity contribution in [3.05, 3.63) is 74.9 Å². The molecule has 2 aliphatic heterocycles. The van der Waals surface area contributed by atoms with Crippen LogP contribution in [0.5, 0.6) is 5.75 Å². The number of imide groups is 2. The standard InChI is InChI=1S/C29H24BrCl2N3O7/c1-13-8-15(9-14(2)23(13)36)22-18-6-7-19-21(20(18)11-28(31)26(39)33(12-30)27(40)29(22,28)32)25(38)34(24(19)37)16-4-3-5-17(10-16)35(41)42/h3-6,8-10,19-22,36H,7,11-12H2,1-2H3. The molecule has 0 spiro atoms. The third kappa shape index (κ3) is 3.62. The predicted molar refractivity (Wildman–Crippen MR) is 157 cm³/mol. The summed E-state index contributed by atoms with van der Waals surface area (Å²) in [5.74, 6) is -5.79. The minimum atomic E-state index is -1.95. The van der Waals surface area contributed by atoms with Crippen LogP contribution in [0.2, 0.25) is 0 Å². The summed E-state index contributed by atoms with van der Waals surface area (Å²) in [6, 6.07) is 8.68. The number of nitrogens with zero attached hydrogens (tertiary/aromatic N) is 3. The number of carbonyl (C=O) groups is 4. The van der Waals surface area contributed by atoms with Crippen LogP contribution in [0, 0.1) is 41.7 Å². The molecule has 3 fully saturated rings. The fourth-order valence-corrected chi connectivity index (χ4v) is 8.71. The van der Waals surface area contributed by atoms with Crippen molar-refractivity contribution < 1.29 is 29.2 Å². The molecule has 2 aromatic carbocycles. The number of alkyl halides is 3. The van der Waals surface area contributed by atoms with Gasteiger partial charge in [0.05, 0.1) is 27.9 Å². The van der Waals surface area contributed by atoms with Crippen LogP contribution in [-0.2, 0) is 19.2 Å². The molecule has 10 nitrogen and oxygen atoms in total. The number of halogens is 3. The lowest BCUT2D eigenvalue weighted by Crippen LogP contribution is -2.60. The number of aryl methyl sites for hydroxylation is 2. The maximum Gasteiger partial charge on any atom is 0.271 e. The molecule has 2 aliphatic carbocycles. The third-order valence-electron chi connectivity index (χ3n) is 9.16. The van der Waals surface area contributed by atoms with Crippen LogP contribution in [0.25, 0.3) is 0 Å². The van der Waals surface area contributed by atoms with E-state index in [9.17, 15) is 34.4 Å². The smallest absolute Gasteiger partial charge is 0.271 e. The molecule has 2 aromatic rings. The number of hydrogen-bond acceptors (Lipinski definition) is 7. The van der Waals surface area contributed by atoms with Crippen molar-refractivity contribution in [3.8, 4) is 5.75 Å². The van der Waals surface area contributed by atoms with Crippen molar-refractivity contribution in [3.63, 3.8) is 0 Å². The fraction of sp³-hybridized carbons (Fsp3) is 0.379. The number of amides is 4. The monoisotopic (exact) mass is 675 g/mol. The number of phenolic OH excluding ortho intramolecular Hbond substituents is 1. The molecule has 1 N–H and O–H groups in total. The van der Waals surface area contributed by atoms with Gasteiger partial charge in [0.25, 0.3) is 17.5 Å². The molecule has 6 rings (SSSR count). The van der Waals surface area contributed by atoms with Gasteiger partial charge in [-0.25, -0.2) is 4.90 Å². The Labute approximate surface area is 258 Å². The van der Waals surface area contributed by atoms with Crippen LogP contribution < -0.4 is 4.90 Å². The highest BCUT2D eigenvalue weighted by molar-refractivity contribution is 9.09. The van der Waals surface area contributed by atoms with E-state index in [0.717, 1.165) is 9.80 Å². The summed E-state index contributed by atoms with van der Waals surface area (Å²) in [4.78, 5) is 64.1. The van der Waals surface area contributed by atoms with E-state index in [-0.39, 0.29) is 35.4 Å². The summed E-state index contributed by atoms with van der Waals surface area (Å²) in [5.41, 5.74) is 1.89. The maximum absolute atomic E-state index is 14.1. The summed E-state index contributed by atoms with van der Waals surface area (Å²) in [6.45, 7) is 3.41. The summed E-state index contributed by atoms with van der Waals surface area (Å²) >= 11 is 17.7. The Kier molecular flexibility index (Phi) is 6.60. The van der Waals surface area contributed by atoms with Gasteiger partial charge in [-0.15, -0.1) is 23.2 Å². The number of nitro benzene ring substituents is 1. The van der Waals surface area contributed by atoms with E-state index in [0.29, 0.717) is 22.3 Å². The summed E-state index contributed by atoms with van der Waals surface area (Å²) in [6.07, 6.45) is 1.80. The molecule has 2 saturated heterocycles. The third-order valence-corrected chi connectivity index (χ3v) is 11.1. The first kappa shape index (κ1) is 28.8. The van der Waals surface area contributed by atoms with Crippen molar-refractivity contribution in [2.75, 3.05) is 10.4 Å². The van der Waals surface area contributed by atoms with E-state index < -0.39 is 62.0 Å². The van der Waals surface area contributed by atoms with E-state index in [2.05, 4.69) is 15.9 Å². The number of non-ortho nitro benzene ring substituents is 1. The SMILES string of the molecule is Cc1cc(C2C3=CCC4C(=O)N(c5cccc([N+](=O)[O-])c5)C(=O)C4C3CC3(Cl)C(=O)N(CBr)C(=O)C23Cl)cc(C)c1O. The van der Waals surface area contributed by atoms with Crippen LogP contribution in [0.15, 0.2) is 48.0 Å². The molecule has 0 bridgehead atoms. The van der Waals surface area contributed by atoms with E-state index in [1.807, 2.05) is 6.08 Å². The number of nitro groups is 1. The number of benzene rings is 2. The Balaban J connectivity index is 1.52. The van der Waals surface area contributed by atoms with Crippen LogP contribution in [0.1, 0.15) is 35.4 Å². The normalized spacial score (nSPS) is 32.1. The molecule has 4 amide bonds. The average Bonchev–Trinajstić information content (AvgIpc) is 3.29. The lowest BCUT2D eigenvalue weighted by molar-refractivity contribution is -0.384. The fourth-order valence-electron chi connectivity index (χ4n) is 7.28. The van der Waals surface area contributed by atoms with Gasteiger partial charge in [0, 0.05) is 18.1 Å². The Morgan fingerprint density at radius 2 is 1.71 bits per heavy atom. The molecule has 0 aromatic heterocycles. The molecular weight excluding hydrogens is 653 g/mol. The van der Waals surface area contributed by atoms with Gasteiger partial charge in [0.1, 0.15) is 5.75 Å². The first-order chi connectivity index (χ1) is 19.8. The molecule has 42 heavy (non-hydrogen) atoms. The largest absolute Gasteiger partial charge is 0.507 e. The van der Waals surface area contributed by atoms with Crippen molar-refractivity contribution in [1.82, 2.24) is 4.90 Å². The molecule has 6 unspecified atom stereocenters. The van der Waals surface area contributed by atoms with Crippen molar-refractivity contribution in [2.24, 2.45) is 17.8 Å². The number of rotatable bonds is 4. The first-order valence-electron chi connectivity index (χ1n) is 13.2. The topological polar surface area (TPSA) is 138 Å². The number of phenols is 1. The zero-order chi connectivity index (χ0) is 30.5. The zero-order valence-corrected chi connectivity index (χ0v) is 25.4. The van der Waals surface area contributed by atoms with Crippen LogP contribution >= 0.6 is 39.1 Å². The second-order valence-electron chi connectivity index (χ2n) is 11.3. The summed E-state index contributed by atoms with van der Waals surface area (Å²) < 4.78 is 0. The molecular formula is C29H24BrCl2N3O7. The van der Waals surface area contributed by atoms with E-state index in [1.54, 1.807) is 26.0 Å². The molecule has 4 aliphatic rings. The van der Waals surface area contributed by atoms with Gasteiger partial charge in [-0.3, -0.25) is 34.2 Å². The Morgan fingerprint density at radius 3 is 2.33 bits per heavy atom. The van der Waals surface area contributed by atoms with Crippen LogP contribution in [-0.4, -0.2) is 53.8 Å². The maximum atomic E-state index is 14.1. The van der Waals surface area contributed by atoms with Gasteiger partial charge in [-0.2, -0.15) is 0 Å². The lowest BCUT2D eigenvalue weighted by Gasteiger charge is -2.51. The van der Waals surface area contributed by atoms with Crippen molar-refractivity contribution in [1.29, 1.82) is 0 Å². The van der Waals surface area contributed by atoms with Crippen LogP contribution in [0.3, 0.4) is 0 Å². The number of likely N-dealkylation sites (tertiary alicyclic amines) is 1. The van der Waals surface area contributed by atoms with Gasteiger partial charge >= 0.3 is 0 Å². The Morgan fingerprint density at radius 1 is 1.05 bits per heavy atom. The summed E-state index contributed by atoms with van der Waals surface area (Å²) in [7, 11) is 0. The van der Waals surface area contributed by atoms with Gasteiger partial charge in [0.15, 0.2) is 9.75 Å². The zero-order valence-electron chi connectivity index (χ0n) is 22.3. The molecule has 6 atom stereocenters. The van der Waals surface area contributed by atoms with E-state index >= 15 is 0 Å². The number of anilines is 1. The molecule has 13 heteroatoms. The van der Waals surface area contributed by atoms with Gasteiger partial charge in [-0.05, 0) is 55.4 Å². The number of hydrogen-bond donors (Lipinski definition) is 1. The highest BCUT2D eigenvalue weighted by Crippen LogP contribution is 2.65. The predicted octanol–water partition coefficient (Wildman–Crippen LogP) is 4.83. The lowest BCUT2D eigenvalue weighted by atomic mass is 9.56. The van der Waals surface area contributed by atoms with Crippen molar-refractivity contribution in [2.45, 2.75) is 42.4 Å². The van der Waals surface area contributed by atoms with Gasteiger partial charge < -0.3 is 5.11 Å². The molecule has 2 heterocycles. The number of allylic oxidation sites excluding steroid dienone is 2. The quantitative estimate of drug-likeness (QED) is 0.122. The minimum absolute atomic E-state index is 0.0737. The second-order valence-corrected chi connectivity index (χ2v) is 13.0. The number of aromatic hydroxyl groups is 1. The Hall–Kier alpha value is -3.28. The Bertz CT molecular complexity index is 1640. The number of carbonyl (C=O) groups excluding carboxylic acids is 4. The average molecular weight is 677 g/mol.